The van der Waals surface area contributed by atoms with Gasteiger partial charge >= 0.3 is 0 Å². The molecule has 0 aromatic carbocycles. The molecule has 0 radical (unpaired) electrons. The number of nitrogens with two attached hydrogens (primary N) is 3. The van der Waals surface area contributed by atoms with Crippen molar-refractivity contribution in [1.29, 1.82) is 0 Å². The zero-order chi connectivity index (χ0) is 25.1. The lowest BCUT2D eigenvalue weighted by atomic mass is 9.86. The summed E-state index contributed by atoms with van der Waals surface area (Å²) in [5, 5.41) is 6.74. The van der Waals surface area contributed by atoms with E-state index in [-0.39, 0.29) is 22.8 Å². The number of aromatic nitrogens is 3. The topological polar surface area (TPSA) is 172 Å². The summed E-state index contributed by atoms with van der Waals surface area (Å²) in [6.45, 7) is 11.2. The molecule has 0 fully saturated rings. The van der Waals surface area contributed by atoms with Crippen LogP contribution in [-0.2, 0) is 9.59 Å². The number of imide groups is 1. The Kier molecular flexibility index (Phi) is 7.63. The van der Waals surface area contributed by atoms with Crippen LogP contribution in [0, 0.1) is 5.41 Å². The Bertz CT molecular complexity index is 1080. The lowest BCUT2D eigenvalue weighted by molar-refractivity contribution is -0.128. The molecule has 7 N–H and O–H groups in total. The summed E-state index contributed by atoms with van der Waals surface area (Å²) >= 11 is 0. The summed E-state index contributed by atoms with van der Waals surface area (Å²) in [5.74, 6) is -2.30. The number of primary amides is 1. The smallest absolute Gasteiger partial charge is 0.254 e. The molecule has 2 aromatic heterocycles. The maximum atomic E-state index is 12.5. The Hall–Kier alpha value is -3.69. The average Bonchev–Trinajstić information content (AvgIpc) is 3.10. The van der Waals surface area contributed by atoms with Gasteiger partial charge in [-0.05, 0) is 39.3 Å². The molecular formula is C23H33N7O3. The van der Waals surface area contributed by atoms with Gasteiger partial charge in [-0.3, -0.25) is 24.7 Å². The van der Waals surface area contributed by atoms with Gasteiger partial charge in [0.2, 0.25) is 5.91 Å². The molecule has 1 unspecified atom stereocenters. The summed E-state index contributed by atoms with van der Waals surface area (Å²) < 4.78 is 1.52. The molecule has 0 spiro atoms. The molecule has 1 atom stereocenters. The van der Waals surface area contributed by atoms with Crippen molar-refractivity contribution in [3.05, 3.63) is 41.4 Å². The number of carbonyl (C=O) groups excluding carboxylic acids is 3. The number of allylic oxidation sites excluding steroid dienone is 1. The lowest BCUT2D eigenvalue weighted by Gasteiger charge is -2.23. The summed E-state index contributed by atoms with van der Waals surface area (Å²) in [7, 11) is 0. The van der Waals surface area contributed by atoms with Gasteiger partial charge in [0.05, 0.1) is 11.6 Å². The van der Waals surface area contributed by atoms with E-state index in [2.05, 4.69) is 15.4 Å². The first-order chi connectivity index (χ1) is 15.3. The Balaban J connectivity index is 2.23. The van der Waals surface area contributed by atoms with Crippen molar-refractivity contribution in [2.75, 3.05) is 5.73 Å². The molecule has 0 aliphatic rings. The molecule has 0 saturated heterocycles. The number of hydrogen-bond donors (Lipinski definition) is 4. The van der Waals surface area contributed by atoms with E-state index >= 15 is 0 Å². The second-order valence-electron chi connectivity index (χ2n) is 8.90. The van der Waals surface area contributed by atoms with Gasteiger partial charge in [-0.1, -0.05) is 20.8 Å². The van der Waals surface area contributed by atoms with Crippen LogP contribution in [0.5, 0.6) is 0 Å². The molecule has 0 saturated carbocycles. The summed E-state index contributed by atoms with van der Waals surface area (Å²) in [4.78, 5) is 41.0. The van der Waals surface area contributed by atoms with E-state index in [4.69, 9.17) is 17.2 Å². The number of hydrogen-bond acceptors (Lipinski definition) is 7. The molecule has 3 amide bonds. The van der Waals surface area contributed by atoms with Gasteiger partial charge in [-0.2, -0.15) is 5.10 Å². The van der Waals surface area contributed by atoms with Crippen molar-refractivity contribution in [1.82, 2.24) is 20.1 Å². The van der Waals surface area contributed by atoms with Crippen LogP contribution in [0.15, 0.2) is 30.1 Å². The highest BCUT2D eigenvalue weighted by Crippen LogP contribution is 2.29. The Morgan fingerprint density at radius 2 is 1.82 bits per heavy atom. The van der Waals surface area contributed by atoms with Crippen LogP contribution >= 0.6 is 0 Å². The van der Waals surface area contributed by atoms with Crippen LogP contribution in [0.2, 0.25) is 0 Å². The second kappa shape index (κ2) is 9.85. The minimum atomic E-state index is -0.703. The highest BCUT2D eigenvalue weighted by Gasteiger charge is 2.24. The van der Waals surface area contributed by atoms with E-state index in [9.17, 15) is 14.4 Å². The third-order valence-corrected chi connectivity index (χ3v) is 5.78. The largest absolute Gasteiger partial charge is 0.401 e. The first kappa shape index (κ1) is 25.6. The number of nitrogens with zero attached hydrogens (tertiary/aromatic N) is 3. The molecule has 2 rings (SSSR count). The van der Waals surface area contributed by atoms with Crippen molar-refractivity contribution in [2.24, 2.45) is 16.9 Å². The van der Waals surface area contributed by atoms with Crippen molar-refractivity contribution in [2.45, 2.75) is 59.9 Å². The van der Waals surface area contributed by atoms with Crippen LogP contribution in [0.4, 0.5) is 5.82 Å². The Morgan fingerprint density at radius 3 is 2.30 bits per heavy atom. The predicted molar refractivity (Wildman–Crippen MR) is 127 cm³/mol. The second-order valence-corrected chi connectivity index (χ2v) is 8.90. The number of anilines is 1. The van der Waals surface area contributed by atoms with Crippen LogP contribution < -0.4 is 22.5 Å². The zero-order valence-electron chi connectivity index (χ0n) is 20.0. The number of pyridine rings is 1. The molecule has 2 heterocycles. The number of carbonyl (C=O) groups is 3. The average molecular weight is 456 g/mol. The van der Waals surface area contributed by atoms with Gasteiger partial charge in [0, 0.05) is 35.0 Å². The molecule has 2 aromatic rings. The number of amides is 3. The molecule has 178 valence electrons. The first-order valence-electron chi connectivity index (χ1n) is 10.8. The van der Waals surface area contributed by atoms with Gasteiger partial charge < -0.3 is 17.2 Å². The maximum Gasteiger partial charge on any atom is 0.254 e. The normalized spacial score (nSPS) is 13.1. The third kappa shape index (κ3) is 5.57. The molecule has 0 aliphatic heterocycles. The molecule has 33 heavy (non-hydrogen) atoms. The SMILES string of the molecule is CCC(C)(C)C(N)=CC(=O)NC(=O)C(C)c1ccc(-c2nn(C(C)C)c(N)c2C(N)=O)cn1. The summed E-state index contributed by atoms with van der Waals surface area (Å²) in [5.41, 5.74) is 19.0. The van der Waals surface area contributed by atoms with Crippen molar-refractivity contribution < 1.29 is 14.4 Å². The number of nitrogen functional groups attached to an aromatic ring is 1. The molecule has 0 bridgehead atoms. The monoisotopic (exact) mass is 455 g/mol. The van der Waals surface area contributed by atoms with E-state index in [1.54, 1.807) is 19.1 Å². The first-order valence-corrected chi connectivity index (χ1v) is 10.8. The predicted octanol–water partition coefficient (Wildman–Crippen LogP) is 2.23. The Morgan fingerprint density at radius 1 is 1.18 bits per heavy atom. The van der Waals surface area contributed by atoms with Crippen LogP contribution in [0.1, 0.15) is 76.0 Å². The minimum absolute atomic E-state index is 0.0728. The Labute approximate surface area is 193 Å². The molecule has 0 aliphatic carbocycles. The van der Waals surface area contributed by atoms with Crippen LogP contribution in [0.25, 0.3) is 11.3 Å². The van der Waals surface area contributed by atoms with E-state index in [0.29, 0.717) is 22.6 Å². The van der Waals surface area contributed by atoms with E-state index < -0.39 is 23.6 Å². The fraction of sp³-hybridized carbons (Fsp3) is 0.435. The van der Waals surface area contributed by atoms with Gasteiger partial charge in [-0.25, -0.2) is 4.68 Å². The molecular weight excluding hydrogens is 422 g/mol. The lowest BCUT2D eigenvalue weighted by Crippen LogP contribution is -2.34. The van der Waals surface area contributed by atoms with Crippen molar-refractivity contribution >= 4 is 23.5 Å². The van der Waals surface area contributed by atoms with Crippen LogP contribution in [-0.4, -0.2) is 32.5 Å². The fourth-order valence-electron chi connectivity index (χ4n) is 3.03. The van der Waals surface area contributed by atoms with Gasteiger partial charge in [0.1, 0.15) is 17.1 Å². The van der Waals surface area contributed by atoms with Gasteiger partial charge in [0.25, 0.3) is 11.8 Å². The third-order valence-electron chi connectivity index (χ3n) is 5.78. The van der Waals surface area contributed by atoms with Crippen molar-refractivity contribution in [3.8, 4) is 11.3 Å². The maximum absolute atomic E-state index is 12.5. The van der Waals surface area contributed by atoms with E-state index in [0.717, 1.165) is 6.42 Å². The fourth-order valence-corrected chi connectivity index (χ4v) is 3.03. The number of rotatable bonds is 8. The quantitative estimate of drug-likeness (QED) is 0.442. The molecule has 10 heteroatoms. The van der Waals surface area contributed by atoms with Gasteiger partial charge in [-0.15, -0.1) is 0 Å². The highest BCUT2D eigenvalue weighted by molar-refractivity contribution is 6.04. The number of nitrogens with one attached hydrogen (secondary N) is 1. The standard InChI is InChI=1S/C23H33N7O3/c1-7-23(5,6)16(24)10-17(31)28-22(33)13(4)15-9-8-14(11-27-15)19-18(21(26)32)20(25)30(29-19)12(2)3/h8-13H,7,24-25H2,1-6H3,(H2,26,32)(H,28,31,33). The summed E-state index contributed by atoms with van der Waals surface area (Å²) in [6.07, 6.45) is 3.48. The highest BCUT2D eigenvalue weighted by atomic mass is 16.2. The summed E-state index contributed by atoms with van der Waals surface area (Å²) in [6, 6.07) is 3.23. The van der Waals surface area contributed by atoms with E-state index in [1.807, 2.05) is 34.6 Å². The van der Waals surface area contributed by atoms with E-state index in [1.165, 1.54) is 17.0 Å². The zero-order valence-corrected chi connectivity index (χ0v) is 20.0. The molecule has 10 nitrogen and oxygen atoms in total. The van der Waals surface area contributed by atoms with Crippen LogP contribution in [0.3, 0.4) is 0 Å². The minimum Gasteiger partial charge on any atom is -0.401 e. The van der Waals surface area contributed by atoms with Crippen molar-refractivity contribution in [3.63, 3.8) is 0 Å². The van der Waals surface area contributed by atoms with Gasteiger partial charge in [0.15, 0.2) is 0 Å².